The highest BCUT2D eigenvalue weighted by molar-refractivity contribution is 7.10. The molecule has 0 fully saturated rings. The molecule has 0 spiro atoms. The number of nitrogens with one attached hydrogen (secondary N) is 2. The quantitative estimate of drug-likeness (QED) is 0.862. The minimum absolute atomic E-state index is 0.00414. The van der Waals surface area contributed by atoms with Crippen molar-refractivity contribution >= 4 is 28.6 Å². The summed E-state index contributed by atoms with van der Waals surface area (Å²) in [4.78, 5) is 17.4. The fraction of sp³-hybridized carbons (Fsp3) is 0.429. The molecular weight excluding hydrogens is 290 g/mol. The molecule has 0 aliphatic carbocycles. The molecule has 1 atom stereocenters. The molecule has 0 saturated carbocycles. The van der Waals surface area contributed by atoms with Gasteiger partial charge >= 0.3 is 0 Å². The van der Waals surface area contributed by atoms with Gasteiger partial charge in [0.15, 0.2) is 0 Å². The van der Waals surface area contributed by atoms with E-state index in [-0.39, 0.29) is 24.0 Å². The van der Waals surface area contributed by atoms with Crippen molar-refractivity contribution in [2.75, 3.05) is 6.54 Å². The van der Waals surface area contributed by atoms with Crippen LogP contribution in [0.4, 0.5) is 0 Å². The number of rotatable bonds is 6. The molecule has 0 aliphatic heterocycles. The SMILES string of the molecule is C[C@H](NC(=O)CNC(C)(C)c1nccs1)c1cccs1. The molecule has 2 aromatic heterocycles. The molecule has 0 bridgehead atoms. The molecule has 20 heavy (non-hydrogen) atoms. The van der Waals surface area contributed by atoms with E-state index in [2.05, 4.69) is 15.6 Å². The zero-order chi connectivity index (χ0) is 14.6. The predicted octanol–water partition coefficient (Wildman–Crippen LogP) is 2.91. The average Bonchev–Trinajstić information content (AvgIpc) is 3.08. The summed E-state index contributed by atoms with van der Waals surface area (Å²) in [6, 6.07) is 4.07. The Labute approximate surface area is 127 Å². The van der Waals surface area contributed by atoms with E-state index in [4.69, 9.17) is 0 Å². The van der Waals surface area contributed by atoms with Crippen molar-refractivity contribution in [2.45, 2.75) is 32.4 Å². The van der Waals surface area contributed by atoms with Crippen LogP contribution in [0.15, 0.2) is 29.1 Å². The minimum atomic E-state index is -0.294. The van der Waals surface area contributed by atoms with Gasteiger partial charge in [0.2, 0.25) is 5.91 Å². The summed E-state index contributed by atoms with van der Waals surface area (Å²) < 4.78 is 0. The summed E-state index contributed by atoms with van der Waals surface area (Å²) in [5.41, 5.74) is -0.294. The molecule has 0 radical (unpaired) electrons. The number of hydrogen-bond acceptors (Lipinski definition) is 5. The Kier molecular flexibility index (Phi) is 4.91. The Bertz CT molecular complexity index is 535. The smallest absolute Gasteiger partial charge is 0.234 e. The number of thiophene rings is 1. The summed E-state index contributed by atoms with van der Waals surface area (Å²) in [5.74, 6) is -0.00414. The van der Waals surface area contributed by atoms with E-state index < -0.39 is 0 Å². The zero-order valence-electron chi connectivity index (χ0n) is 11.8. The number of carbonyl (C=O) groups is 1. The lowest BCUT2D eigenvalue weighted by Crippen LogP contribution is -2.43. The van der Waals surface area contributed by atoms with Crippen molar-refractivity contribution in [1.82, 2.24) is 15.6 Å². The van der Waals surface area contributed by atoms with Gasteiger partial charge in [0.1, 0.15) is 5.01 Å². The van der Waals surface area contributed by atoms with Crippen molar-refractivity contribution in [1.29, 1.82) is 0 Å². The Hall–Kier alpha value is -1.24. The van der Waals surface area contributed by atoms with Gasteiger partial charge in [0, 0.05) is 16.5 Å². The lowest BCUT2D eigenvalue weighted by atomic mass is 10.1. The molecule has 2 N–H and O–H groups in total. The maximum absolute atomic E-state index is 12.0. The largest absolute Gasteiger partial charge is 0.348 e. The van der Waals surface area contributed by atoms with Crippen molar-refractivity contribution in [3.05, 3.63) is 39.0 Å². The maximum Gasteiger partial charge on any atom is 0.234 e. The first-order chi connectivity index (χ1) is 9.49. The molecule has 2 aromatic rings. The number of aromatic nitrogens is 1. The molecule has 1 amide bonds. The highest BCUT2D eigenvalue weighted by Crippen LogP contribution is 2.21. The molecule has 0 aromatic carbocycles. The molecule has 6 heteroatoms. The molecule has 2 heterocycles. The van der Waals surface area contributed by atoms with Crippen molar-refractivity contribution < 1.29 is 4.79 Å². The van der Waals surface area contributed by atoms with Crippen LogP contribution in [0.25, 0.3) is 0 Å². The second kappa shape index (κ2) is 6.47. The Morgan fingerprint density at radius 2 is 2.20 bits per heavy atom. The number of nitrogens with zero attached hydrogens (tertiary/aromatic N) is 1. The lowest BCUT2D eigenvalue weighted by molar-refractivity contribution is -0.121. The van der Waals surface area contributed by atoms with Crippen molar-refractivity contribution in [3.8, 4) is 0 Å². The molecule has 2 rings (SSSR count). The standard InChI is InChI=1S/C14H19N3OS2/c1-10(11-5-4-7-19-11)17-12(18)9-16-14(2,3)13-15-6-8-20-13/h4-8,10,16H,9H2,1-3H3,(H,17,18)/t10-/m0/s1. The van der Waals surface area contributed by atoms with Gasteiger partial charge in [-0.15, -0.1) is 22.7 Å². The third-order valence-corrected chi connectivity index (χ3v) is 5.16. The van der Waals surface area contributed by atoms with Gasteiger partial charge in [-0.05, 0) is 32.2 Å². The van der Waals surface area contributed by atoms with E-state index in [0.717, 1.165) is 9.88 Å². The van der Waals surface area contributed by atoms with Crippen LogP contribution >= 0.6 is 22.7 Å². The van der Waals surface area contributed by atoms with Gasteiger partial charge < -0.3 is 5.32 Å². The number of thiazole rings is 1. The zero-order valence-corrected chi connectivity index (χ0v) is 13.5. The van der Waals surface area contributed by atoms with Crippen LogP contribution in [0, 0.1) is 0 Å². The van der Waals surface area contributed by atoms with Gasteiger partial charge in [0.05, 0.1) is 18.1 Å². The minimum Gasteiger partial charge on any atom is -0.348 e. The summed E-state index contributed by atoms with van der Waals surface area (Å²) >= 11 is 3.24. The van der Waals surface area contributed by atoms with E-state index >= 15 is 0 Å². The highest BCUT2D eigenvalue weighted by Gasteiger charge is 2.23. The number of carbonyl (C=O) groups excluding carboxylic acids is 1. The molecular formula is C14H19N3OS2. The van der Waals surface area contributed by atoms with Gasteiger partial charge in [-0.1, -0.05) is 6.07 Å². The molecule has 0 saturated heterocycles. The van der Waals surface area contributed by atoms with Crippen molar-refractivity contribution in [2.24, 2.45) is 0 Å². The fourth-order valence-electron chi connectivity index (χ4n) is 1.81. The van der Waals surface area contributed by atoms with Gasteiger partial charge in [0.25, 0.3) is 0 Å². The third kappa shape index (κ3) is 3.88. The van der Waals surface area contributed by atoms with Crippen LogP contribution < -0.4 is 10.6 Å². The number of amides is 1. The van der Waals surface area contributed by atoms with E-state index in [9.17, 15) is 4.79 Å². The third-order valence-electron chi connectivity index (χ3n) is 3.01. The van der Waals surface area contributed by atoms with E-state index in [0.29, 0.717) is 0 Å². The van der Waals surface area contributed by atoms with Crippen LogP contribution in [-0.4, -0.2) is 17.4 Å². The maximum atomic E-state index is 12.0. The van der Waals surface area contributed by atoms with Crippen molar-refractivity contribution in [3.63, 3.8) is 0 Å². The molecule has 0 aliphatic rings. The first-order valence-electron chi connectivity index (χ1n) is 6.47. The Balaban J connectivity index is 1.83. The van der Waals surface area contributed by atoms with Crippen LogP contribution in [0.5, 0.6) is 0 Å². The van der Waals surface area contributed by atoms with Gasteiger partial charge in [-0.2, -0.15) is 0 Å². The molecule has 108 valence electrons. The van der Waals surface area contributed by atoms with E-state index in [1.165, 1.54) is 0 Å². The fourth-order valence-corrected chi connectivity index (χ4v) is 3.28. The summed E-state index contributed by atoms with van der Waals surface area (Å²) in [7, 11) is 0. The van der Waals surface area contributed by atoms with Gasteiger partial charge in [-0.25, -0.2) is 4.98 Å². The van der Waals surface area contributed by atoms with Crippen LogP contribution in [0.2, 0.25) is 0 Å². The Morgan fingerprint density at radius 3 is 2.80 bits per heavy atom. The summed E-state index contributed by atoms with van der Waals surface area (Å²) in [6.07, 6.45) is 1.78. The van der Waals surface area contributed by atoms with Crippen LogP contribution in [-0.2, 0) is 10.3 Å². The van der Waals surface area contributed by atoms with Gasteiger partial charge in [-0.3, -0.25) is 10.1 Å². The highest BCUT2D eigenvalue weighted by atomic mass is 32.1. The normalized spacial score (nSPS) is 13.2. The topological polar surface area (TPSA) is 54.0 Å². The second-order valence-corrected chi connectivity index (χ2v) is 6.99. The van der Waals surface area contributed by atoms with Crippen LogP contribution in [0.3, 0.4) is 0 Å². The summed E-state index contributed by atoms with van der Waals surface area (Å²) in [6.45, 7) is 6.33. The predicted molar refractivity (Wildman–Crippen MR) is 84.0 cm³/mol. The monoisotopic (exact) mass is 309 g/mol. The first kappa shape index (κ1) is 15.2. The second-order valence-electron chi connectivity index (χ2n) is 5.12. The number of hydrogen-bond donors (Lipinski definition) is 2. The first-order valence-corrected chi connectivity index (χ1v) is 8.23. The van der Waals surface area contributed by atoms with Crippen LogP contribution in [0.1, 0.15) is 36.7 Å². The summed E-state index contributed by atoms with van der Waals surface area (Å²) in [5, 5.41) is 11.2. The average molecular weight is 309 g/mol. The van der Waals surface area contributed by atoms with E-state index in [1.807, 2.05) is 43.7 Å². The molecule has 4 nitrogen and oxygen atoms in total. The lowest BCUT2D eigenvalue weighted by Gasteiger charge is -2.24. The Morgan fingerprint density at radius 1 is 1.40 bits per heavy atom. The van der Waals surface area contributed by atoms with E-state index in [1.54, 1.807) is 28.9 Å². The molecule has 0 unspecified atom stereocenters.